The fourth-order valence-electron chi connectivity index (χ4n) is 1.04. The normalized spacial score (nSPS) is 9.33. The van der Waals surface area contributed by atoms with Gasteiger partial charge < -0.3 is 15.5 Å². The molecule has 1 rings (SSSR count). The van der Waals surface area contributed by atoms with Crippen LogP contribution in [0.25, 0.3) is 0 Å². The number of hydrogen-bond acceptors (Lipinski definition) is 3. The van der Waals surface area contributed by atoms with Crippen LogP contribution in [0.2, 0.25) is 0 Å². The molecule has 0 radical (unpaired) electrons. The Morgan fingerprint density at radius 1 is 1.20 bits per heavy atom. The zero-order chi connectivity index (χ0) is 11.4. The lowest BCUT2D eigenvalue weighted by atomic mass is 10.1. The van der Waals surface area contributed by atoms with Gasteiger partial charge in [0.15, 0.2) is 0 Å². The van der Waals surface area contributed by atoms with Gasteiger partial charge in [0.25, 0.3) is 0 Å². The van der Waals surface area contributed by atoms with Crippen molar-refractivity contribution in [1.82, 2.24) is 0 Å². The molecular formula is C9H7NO5. The number of hydrogen-bond donors (Lipinski definition) is 3. The number of nitrogens with one attached hydrogen (secondary N) is 1. The van der Waals surface area contributed by atoms with Crippen molar-refractivity contribution in [3.63, 3.8) is 0 Å². The minimum Gasteiger partial charge on any atom is -0.478 e. The molecule has 78 valence electrons. The van der Waals surface area contributed by atoms with Crippen molar-refractivity contribution < 1.29 is 24.6 Å². The summed E-state index contributed by atoms with van der Waals surface area (Å²) in [6.07, 6.45) is 0.322. The number of carbonyl (C=O) groups is 3. The number of carbonyl (C=O) groups excluding carboxylic acids is 1. The van der Waals surface area contributed by atoms with Gasteiger partial charge >= 0.3 is 11.9 Å². The van der Waals surface area contributed by atoms with E-state index < -0.39 is 11.9 Å². The molecule has 1 aromatic carbocycles. The van der Waals surface area contributed by atoms with Crippen molar-refractivity contribution in [3.05, 3.63) is 29.3 Å². The first-order valence-corrected chi connectivity index (χ1v) is 3.87. The van der Waals surface area contributed by atoms with Gasteiger partial charge in [-0.25, -0.2) is 9.59 Å². The number of rotatable bonds is 4. The maximum Gasteiger partial charge on any atom is 0.337 e. The molecule has 0 aliphatic rings. The van der Waals surface area contributed by atoms with Crippen LogP contribution < -0.4 is 5.32 Å². The highest BCUT2D eigenvalue weighted by Gasteiger charge is 2.13. The zero-order valence-electron chi connectivity index (χ0n) is 7.43. The summed E-state index contributed by atoms with van der Waals surface area (Å²) in [5, 5.41) is 19.5. The van der Waals surface area contributed by atoms with Crippen LogP contribution in [0.15, 0.2) is 18.2 Å². The van der Waals surface area contributed by atoms with Gasteiger partial charge in [0, 0.05) is 0 Å². The maximum absolute atomic E-state index is 10.7. The fraction of sp³-hybridized carbons (Fsp3) is 0. The van der Waals surface area contributed by atoms with E-state index in [-0.39, 0.29) is 16.8 Å². The fourth-order valence-corrected chi connectivity index (χ4v) is 1.04. The van der Waals surface area contributed by atoms with E-state index in [1.807, 2.05) is 0 Å². The Bertz CT molecular complexity index is 427. The van der Waals surface area contributed by atoms with Gasteiger partial charge in [-0.05, 0) is 18.2 Å². The van der Waals surface area contributed by atoms with Gasteiger partial charge in [-0.2, -0.15) is 0 Å². The minimum atomic E-state index is -1.30. The average molecular weight is 209 g/mol. The van der Waals surface area contributed by atoms with Gasteiger partial charge in [0.05, 0.1) is 16.8 Å². The van der Waals surface area contributed by atoms with E-state index in [2.05, 4.69) is 5.32 Å². The number of carboxylic acid groups (broad SMARTS) is 2. The van der Waals surface area contributed by atoms with Gasteiger partial charge in [-0.3, -0.25) is 4.79 Å². The summed E-state index contributed by atoms with van der Waals surface area (Å²) in [6.45, 7) is 0. The maximum atomic E-state index is 10.7. The standard InChI is InChI=1S/C9H7NO5/c11-4-10-7-2-1-5(8(12)13)3-6(7)9(14)15/h1-4H,(H,10,11)(H,12,13)(H,14,15). The molecule has 0 heterocycles. The van der Waals surface area contributed by atoms with Crippen molar-refractivity contribution in [1.29, 1.82) is 0 Å². The Kier molecular flexibility index (Phi) is 3.02. The lowest BCUT2D eigenvalue weighted by Gasteiger charge is -2.04. The van der Waals surface area contributed by atoms with Gasteiger partial charge in [-0.1, -0.05) is 0 Å². The Balaban J connectivity index is 3.26. The van der Waals surface area contributed by atoms with Gasteiger partial charge in [-0.15, -0.1) is 0 Å². The van der Waals surface area contributed by atoms with Crippen molar-refractivity contribution in [2.45, 2.75) is 0 Å². The van der Waals surface area contributed by atoms with E-state index in [1.54, 1.807) is 0 Å². The lowest BCUT2D eigenvalue weighted by molar-refractivity contribution is -0.105. The molecule has 0 aromatic heterocycles. The quantitative estimate of drug-likeness (QED) is 0.631. The van der Waals surface area contributed by atoms with E-state index >= 15 is 0 Å². The third kappa shape index (κ3) is 2.31. The summed E-state index contributed by atoms with van der Waals surface area (Å²) in [5.74, 6) is -2.53. The smallest absolute Gasteiger partial charge is 0.337 e. The summed E-state index contributed by atoms with van der Waals surface area (Å²) in [4.78, 5) is 31.4. The van der Waals surface area contributed by atoms with Gasteiger partial charge in [0.2, 0.25) is 6.41 Å². The first-order chi connectivity index (χ1) is 7.06. The second kappa shape index (κ2) is 4.23. The molecule has 0 saturated heterocycles. The molecular weight excluding hydrogens is 202 g/mol. The van der Waals surface area contributed by atoms with Crippen LogP contribution in [0.1, 0.15) is 20.7 Å². The molecule has 0 fully saturated rings. The van der Waals surface area contributed by atoms with Crippen molar-refractivity contribution in [2.24, 2.45) is 0 Å². The van der Waals surface area contributed by atoms with E-state index in [0.29, 0.717) is 6.41 Å². The molecule has 1 aromatic rings. The van der Waals surface area contributed by atoms with Gasteiger partial charge in [0.1, 0.15) is 0 Å². The zero-order valence-corrected chi connectivity index (χ0v) is 7.43. The van der Waals surface area contributed by atoms with E-state index in [0.717, 1.165) is 6.07 Å². The summed E-state index contributed by atoms with van der Waals surface area (Å²) in [7, 11) is 0. The molecule has 0 bridgehead atoms. The summed E-state index contributed by atoms with van der Waals surface area (Å²) in [6, 6.07) is 3.42. The van der Waals surface area contributed by atoms with Crippen molar-refractivity contribution in [2.75, 3.05) is 5.32 Å². The topological polar surface area (TPSA) is 104 Å². The van der Waals surface area contributed by atoms with E-state index in [1.165, 1.54) is 12.1 Å². The molecule has 0 atom stereocenters. The highest BCUT2D eigenvalue weighted by atomic mass is 16.4. The summed E-state index contributed by atoms with van der Waals surface area (Å²) in [5.41, 5.74) is -0.353. The SMILES string of the molecule is O=CNc1ccc(C(=O)O)cc1C(=O)O. The molecule has 15 heavy (non-hydrogen) atoms. The van der Waals surface area contributed by atoms with E-state index in [9.17, 15) is 14.4 Å². The van der Waals surface area contributed by atoms with Crippen LogP contribution >= 0.6 is 0 Å². The number of aromatic carboxylic acids is 2. The first-order valence-electron chi connectivity index (χ1n) is 3.87. The molecule has 3 N–H and O–H groups in total. The Morgan fingerprint density at radius 2 is 1.87 bits per heavy atom. The highest BCUT2D eigenvalue weighted by molar-refractivity contribution is 5.99. The average Bonchev–Trinajstić information content (AvgIpc) is 2.18. The van der Waals surface area contributed by atoms with E-state index in [4.69, 9.17) is 10.2 Å². The van der Waals surface area contributed by atoms with Crippen LogP contribution in [-0.4, -0.2) is 28.6 Å². The Labute approximate surface area is 84.1 Å². The Morgan fingerprint density at radius 3 is 2.33 bits per heavy atom. The third-order valence-electron chi connectivity index (χ3n) is 1.71. The van der Waals surface area contributed by atoms with Crippen LogP contribution in [0.4, 0.5) is 5.69 Å². The highest BCUT2D eigenvalue weighted by Crippen LogP contribution is 2.17. The molecule has 0 saturated carbocycles. The predicted molar refractivity (Wildman–Crippen MR) is 50.0 cm³/mol. The molecule has 0 unspecified atom stereocenters. The van der Waals surface area contributed by atoms with Crippen LogP contribution in [-0.2, 0) is 4.79 Å². The first kappa shape index (κ1) is 10.7. The second-order valence-electron chi connectivity index (χ2n) is 2.63. The molecule has 0 aliphatic heterocycles. The second-order valence-corrected chi connectivity index (χ2v) is 2.63. The van der Waals surface area contributed by atoms with Crippen molar-refractivity contribution in [3.8, 4) is 0 Å². The number of carboxylic acids is 2. The monoisotopic (exact) mass is 209 g/mol. The summed E-state index contributed by atoms with van der Waals surface area (Å²) >= 11 is 0. The molecule has 1 amide bonds. The molecule has 6 heteroatoms. The molecule has 6 nitrogen and oxygen atoms in total. The minimum absolute atomic E-state index is 0.0579. The van der Waals surface area contributed by atoms with Crippen LogP contribution in [0, 0.1) is 0 Å². The number of benzene rings is 1. The molecule has 0 aliphatic carbocycles. The molecule has 0 spiro atoms. The third-order valence-corrected chi connectivity index (χ3v) is 1.71. The van der Waals surface area contributed by atoms with Crippen LogP contribution in [0.5, 0.6) is 0 Å². The number of amides is 1. The largest absolute Gasteiger partial charge is 0.478 e. The number of anilines is 1. The van der Waals surface area contributed by atoms with Crippen LogP contribution in [0.3, 0.4) is 0 Å². The predicted octanol–water partition coefficient (Wildman–Crippen LogP) is 0.651. The summed E-state index contributed by atoms with van der Waals surface area (Å²) < 4.78 is 0. The lowest BCUT2D eigenvalue weighted by Crippen LogP contribution is -2.07. The Hall–Kier alpha value is -2.37. The van der Waals surface area contributed by atoms with Crippen molar-refractivity contribution >= 4 is 24.0 Å².